The lowest BCUT2D eigenvalue weighted by molar-refractivity contribution is -0.139. The Kier molecular flexibility index (Phi) is 9.52. The van der Waals surface area contributed by atoms with Gasteiger partial charge in [0.05, 0.1) is 46.6 Å². The number of anilines is 2. The number of benzene rings is 3. The first-order valence-electron chi connectivity index (χ1n) is 17.6. The molecule has 3 heterocycles. The van der Waals surface area contributed by atoms with E-state index in [1.54, 1.807) is 60.7 Å². The number of phenolic OH excluding ortho intramolecular Hbond substituents is 1. The quantitative estimate of drug-likeness (QED) is 0.139. The summed E-state index contributed by atoms with van der Waals surface area (Å²) in [7, 11) is 1.35. The highest BCUT2D eigenvalue weighted by Crippen LogP contribution is 2.65. The highest BCUT2D eigenvalue weighted by molar-refractivity contribution is 9.10. The van der Waals surface area contributed by atoms with Gasteiger partial charge in [0.2, 0.25) is 11.8 Å². The van der Waals surface area contributed by atoms with Crippen LogP contribution < -0.4 is 15.1 Å². The van der Waals surface area contributed by atoms with Crippen molar-refractivity contribution in [2.24, 2.45) is 23.7 Å². The van der Waals surface area contributed by atoms with E-state index < -0.39 is 81.2 Å². The number of methoxy groups -OCH3 is 1. The van der Waals surface area contributed by atoms with E-state index >= 15 is 4.79 Å². The number of nitrogens with one attached hydrogen (secondary N) is 1. The van der Waals surface area contributed by atoms with Crippen LogP contribution in [0.25, 0.3) is 6.08 Å². The minimum absolute atomic E-state index is 0.0485. The van der Waals surface area contributed by atoms with Crippen LogP contribution in [0.15, 0.2) is 95.6 Å². The third kappa shape index (κ3) is 5.94. The summed E-state index contributed by atoms with van der Waals surface area (Å²) >= 11 is 16.1. The summed E-state index contributed by atoms with van der Waals surface area (Å²) in [4.78, 5) is 64.0. The van der Waals surface area contributed by atoms with Crippen LogP contribution in [0, 0.1) is 23.7 Å². The molecule has 4 aromatic rings. The predicted molar refractivity (Wildman–Crippen MR) is 208 cm³/mol. The van der Waals surface area contributed by atoms with Gasteiger partial charge in [0.25, 0.3) is 11.8 Å². The lowest BCUT2D eigenvalue weighted by Crippen LogP contribution is -2.53. The van der Waals surface area contributed by atoms with Crippen LogP contribution in [-0.2, 0) is 30.8 Å². The van der Waals surface area contributed by atoms with E-state index in [0.717, 1.165) is 10.5 Å². The number of aromatic nitrogens is 1. The minimum atomic E-state index is -4.77. The largest absolute Gasteiger partial charge is 0.504 e. The Morgan fingerprint density at radius 2 is 1.70 bits per heavy atom. The van der Waals surface area contributed by atoms with Gasteiger partial charge in [-0.15, -0.1) is 0 Å². The SMILES string of the molecule is C=Cc1ccc(N2C(=O)[C@H]3[C@H](CC=C4[C@H]3C[C@H]3C(=O)N(Nc5ncc(C(F)(F)F)cc5Cl)C(=O)[C@@]3(c3ccc(Cl)cc3)[C@H]4c3cc(Br)cc(OC)c3O)C2=O)cc1. The number of alkyl halides is 3. The molecule has 1 saturated carbocycles. The fraction of sp³-hybridized carbons (Fsp3) is 0.244. The van der Waals surface area contributed by atoms with E-state index in [1.165, 1.54) is 13.2 Å². The van der Waals surface area contributed by atoms with Gasteiger partial charge < -0.3 is 9.84 Å². The number of rotatable bonds is 7. The molecule has 3 aromatic carbocycles. The Bertz CT molecular complexity index is 2430. The zero-order valence-corrected chi connectivity index (χ0v) is 32.8. The summed E-state index contributed by atoms with van der Waals surface area (Å²) in [5.41, 5.74) is 1.79. The topological polar surface area (TPSA) is 129 Å². The normalized spacial score (nSPS) is 25.5. The summed E-state index contributed by atoms with van der Waals surface area (Å²) in [6, 6.07) is 16.8. The molecule has 16 heteroatoms. The van der Waals surface area contributed by atoms with Crippen molar-refractivity contribution in [1.82, 2.24) is 9.99 Å². The van der Waals surface area contributed by atoms with E-state index in [9.17, 15) is 32.7 Å². The highest BCUT2D eigenvalue weighted by Gasteiger charge is 2.71. The summed E-state index contributed by atoms with van der Waals surface area (Å²) < 4.78 is 46.5. The van der Waals surface area contributed by atoms with Crippen molar-refractivity contribution < 1.29 is 42.2 Å². The van der Waals surface area contributed by atoms with Gasteiger partial charge in [-0.1, -0.05) is 87.7 Å². The molecule has 4 amide bonds. The molecule has 0 bridgehead atoms. The summed E-state index contributed by atoms with van der Waals surface area (Å²) in [5, 5.41) is 12.4. The van der Waals surface area contributed by atoms with Crippen molar-refractivity contribution in [3.63, 3.8) is 0 Å². The molecule has 0 radical (unpaired) electrons. The molecule has 4 aliphatic rings. The third-order valence-electron chi connectivity index (χ3n) is 11.5. The standard InChI is InChI=1S/C41H30BrCl2F3N4O6/c1-3-19-4-10-24(11-5-19)50-36(53)26-13-12-25-27(32(26)38(50)55)17-29-37(54)51(49-35-30(44)14-21(18-48-35)41(45,46)47)39(56)40(29,20-6-8-23(43)9-7-20)33(25)28-15-22(42)16-31(57-2)34(28)52/h3-12,14-16,18,26-27,29,32-33,52H,1,13,17H2,2H3,(H,48,49)/t26-,27+,29-,32-,33+,40+/m0/s1. The zero-order chi connectivity index (χ0) is 40.7. The molecule has 292 valence electrons. The average molecular weight is 883 g/mol. The van der Waals surface area contributed by atoms with Crippen LogP contribution in [-0.4, -0.2) is 45.8 Å². The van der Waals surface area contributed by atoms with Gasteiger partial charge in [0.1, 0.15) is 0 Å². The number of phenols is 1. The molecule has 2 N–H and O–H groups in total. The molecule has 2 saturated heterocycles. The number of hydrogen-bond acceptors (Lipinski definition) is 8. The van der Waals surface area contributed by atoms with Crippen molar-refractivity contribution >= 4 is 80.3 Å². The Balaban J connectivity index is 1.33. The lowest BCUT2D eigenvalue weighted by atomic mass is 9.49. The number of carbonyl (C=O) groups excluding carboxylic acids is 4. The van der Waals surface area contributed by atoms with Gasteiger partial charge in [0.15, 0.2) is 17.3 Å². The number of hydrogen-bond donors (Lipinski definition) is 2. The maximum atomic E-state index is 15.4. The van der Waals surface area contributed by atoms with Gasteiger partial charge >= 0.3 is 6.18 Å². The van der Waals surface area contributed by atoms with Gasteiger partial charge in [-0.3, -0.25) is 29.5 Å². The Labute approximate surface area is 342 Å². The number of ether oxygens (including phenoxy) is 1. The molecular formula is C41H30BrCl2F3N4O6. The van der Waals surface area contributed by atoms with Crippen molar-refractivity contribution in [2.45, 2.75) is 30.4 Å². The molecule has 2 aliphatic heterocycles. The molecule has 3 fully saturated rings. The number of imide groups is 2. The second kappa shape index (κ2) is 14.0. The number of carbonyl (C=O) groups is 4. The van der Waals surface area contributed by atoms with E-state index in [-0.39, 0.29) is 29.9 Å². The Morgan fingerprint density at radius 1 is 1.00 bits per heavy atom. The summed E-state index contributed by atoms with van der Waals surface area (Å²) in [5.74, 6) is -8.18. The maximum Gasteiger partial charge on any atom is 0.417 e. The fourth-order valence-electron chi connectivity index (χ4n) is 9.11. The molecule has 6 atom stereocenters. The molecule has 57 heavy (non-hydrogen) atoms. The number of amides is 4. The smallest absolute Gasteiger partial charge is 0.417 e. The number of halogens is 6. The zero-order valence-electron chi connectivity index (χ0n) is 29.7. The molecular weight excluding hydrogens is 852 g/mol. The van der Waals surface area contributed by atoms with Crippen LogP contribution in [0.1, 0.15) is 41.0 Å². The van der Waals surface area contributed by atoms with Crippen molar-refractivity contribution in [3.8, 4) is 11.5 Å². The van der Waals surface area contributed by atoms with Crippen LogP contribution in [0.4, 0.5) is 24.7 Å². The first-order chi connectivity index (χ1) is 27.1. The van der Waals surface area contributed by atoms with Gasteiger partial charge in [0, 0.05) is 27.2 Å². The number of aromatic hydroxyl groups is 1. The molecule has 8 rings (SSSR count). The predicted octanol–water partition coefficient (Wildman–Crippen LogP) is 8.72. The lowest BCUT2D eigenvalue weighted by Gasteiger charge is -2.50. The van der Waals surface area contributed by atoms with Crippen molar-refractivity contribution in [3.05, 3.63) is 128 Å². The van der Waals surface area contributed by atoms with Crippen molar-refractivity contribution in [2.75, 3.05) is 17.4 Å². The first kappa shape index (κ1) is 38.7. The first-order valence-corrected chi connectivity index (χ1v) is 19.2. The molecule has 2 aliphatic carbocycles. The Morgan fingerprint density at radius 3 is 2.33 bits per heavy atom. The second-order valence-corrected chi connectivity index (χ2v) is 16.0. The second-order valence-electron chi connectivity index (χ2n) is 14.3. The number of pyridine rings is 1. The monoisotopic (exact) mass is 880 g/mol. The van der Waals surface area contributed by atoms with E-state index in [2.05, 4.69) is 32.9 Å². The molecule has 0 unspecified atom stereocenters. The van der Waals surface area contributed by atoms with Crippen LogP contribution >= 0.6 is 39.1 Å². The van der Waals surface area contributed by atoms with E-state index in [4.69, 9.17) is 27.9 Å². The van der Waals surface area contributed by atoms with Crippen LogP contribution in [0.5, 0.6) is 11.5 Å². The third-order valence-corrected chi connectivity index (χ3v) is 12.5. The van der Waals surface area contributed by atoms with Crippen LogP contribution in [0.2, 0.25) is 10.0 Å². The minimum Gasteiger partial charge on any atom is -0.504 e. The molecule has 1 aromatic heterocycles. The average Bonchev–Trinajstić information content (AvgIpc) is 3.56. The number of fused-ring (bicyclic) bond motifs is 4. The van der Waals surface area contributed by atoms with E-state index in [1.807, 2.05) is 6.08 Å². The van der Waals surface area contributed by atoms with Gasteiger partial charge in [-0.2, -0.15) is 18.2 Å². The summed E-state index contributed by atoms with van der Waals surface area (Å²) in [6.07, 6.45) is -0.787. The number of nitrogens with zero attached hydrogens (tertiary/aromatic N) is 3. The molecule has 10 nitrogen and oxygen atoms in total. The van der Waals surface area contributed by atoms with Gasteiger partial charge in [-0.05, 0) is 72.4 Å². The summed E-state index contributed by atoms with van der Waals surface area (Å²) in [6.45, 7) is 3.76. The fourth-order valence-corrected chi connectivity index (χ4v) is 9.90. The van der Waals surface area contributed by atoms with E-state index in [0.29, 0.717) is 43.6 Å². The number of allylic oxidation sites excluding steroid dienone is 2. The Hall–Kier alpha value is -5.18. The highest BCUT2D eigenvalue weighted by atomic mass is 79.9. The molecule has 0 spiro atoms. The van der Waals surface area contributed by atoms with Gasteiger partial charge in [-0.25, -0.2) is 4.98 Å². The van der Waals surface area contributed by atoms with Crippen molar-refractivity contribution in [1.29, 1.82) is 0 Å². The maximum absolute atomic E-state index is 15.4. The van der Waals surface area contributed by atoms with Crippen LogP contribution in [0.3, 0.4) is 0 Å². The number of hydrazine groups is 1.